The fourth-order valence-electron chi connectivity index (χ4n) is 9.00. The maximum Gasteiger partial charge on any atom is 0.302 e. The summed E-state index contributed by atoms with van der Waals surface area (Å²) in [5, 5.41) is 0. The minimum absolute atomic E-state index is 0.113. The lowest BCUT2D eigenvalue weighted by Gasteiger charge is -2.58. The van der Waals surface area contributed by atoms with Crippen molar-refractivity contribution < 1.29 is 9.53 Å². The van der Waals surface area contributed by atoms with E-state index in [4.69, 9.17) is 4.74 Å². The van der Waals surface area contributed by atoms with Crippen molar-refractivity contribution in [3.63, 3.8) is 0 Å². The summed E-state index contributed by atoms with van der Waals surface area (Å²) in [4.78, 5) is 11.5. The predicted molar refractivity (Wildman–Crippen MR) is 133 cm³/mol. The Labute approximate surface area is 198 Å². The summed E-state index contributed by atoms with van der Waals surface area (Å²) < 4.78 is 5.62. The van der Waals surface area contributed by atoms with E-state index in [2.05, 4.69) is 47.6 Å². The van der Waals surface area contributed by atoms with Crippen LogP contribution in [0.5, 0.6) is 0 Å². The van der Waals surface area contributed by atoms with Crippen LogP contribution in [0.1, 0.15) is 113 Å². The minimum atomic E-state index is -0.116. The van der Waals surface area contributed by atoms with Crippen molar-refractivity contribution in [3.05, 3.63) is 11.6 Å². The highest BCUT2D eigenvalue weighted by molar-refractivity contribution is 5.66. The highest BCUT2D eigenvalue weighted by Crippen LogP contribution is 2.67. The number of ether oxygens (including phenoxy) is 1. The Kier molecular flexibility index (Phi) is 6.92. The van der Waals surface area contributed by atoms with E-state index >= 15 is 0 Å². The lowest BCUT2D eigenvalue weighted by molar-refractivity contribution is -0.148. The number of allylic oxidation sites excluding steroid dienone is 1. The first kappa shape index (κ1) is 24.3. The molecule has 0 bridgehead atoms. The number of rotatable bonds is 6. The largest absolute Gasteiger partial charge is 0.462 e. The van der Waals surface area contributed by atoms with Crippen LogP contribution in [-0.2, 0) is 9.53 Å². The number of fused-ring (bicyclic) bond motifs is 5. The van der Waals surface area contributed by atoms with Crippen molar-refractivity contribution in [2.24, 2.45) is 52.3 Å². The van der Waals surface area contributed by atoms with Crippen LogP contribution in [0.3, 0.4) is 0 Å². The van der Waals surface area contributed by atoms with Crippen LogP contribution in [0.25, 0.3) is 0 Å². The van der Waals surface area contributed by atoms with Crippen LogP contribution in [0.15, 0.2) is 11.6 Å². The predicted octanol–water partition coefficient (Wildman–Crippen LogP) is 8.21. The third-order valence-electron chi connectivity index (χ3n) is 11.4. The van der Waals surface area contributed by atoms with E-state index < -0.39 is 0 Å². The Morgan fingerprint density at radius 3 is 2.47 bits per heavy atom. The molecule has 32 heavy (non-hydrogen) atoms. The minimum Gasteiger partial charge on any atom is -0.462 e. The molecule has 182 valence electrons. The Bertz CT molecular complexity index is 722. The van der Waals surface area contributed by atoms with Crippen LogP contribution >= 0.6 is 0 Å². The van der Waals surface area contributed by atoms with Gasteiger partial charge in [0.05, 0.1) is 0 Å². The Hall–Kier alpha value is -0.790. The van der Waals surface area contributed by atoms with E-state index in [1.165, 1.54) is 51.4 Å². The Morgan fingerprint density at radius 1 is 1.03 bits per heavy atom. The van der Waals surface area contributed by atoms with Crippen LogP contribution < -0.4 is 0 Å². The fraction of sp³-hybridized carbons (Fsp3) is 0.900. The number of carbonyl (C=O) groups excluding carboxylic acids is 1. The van der Waals surface area contributed by atoms with Crippen LogP contribution in [0, 0.1) is 52.3 Å². The molecule has 0 unspecified atom stereocenters. The standard InChI is InChI=1S/C30H50O2/c1-19(2)20(3)8-9-21(4)26-12-13-27-25-11-10-23-18-24(32-22(5)31)14-16-29(23,6)28(25)15-17-30(26,27)7/h10,19-21,24-28H,8-9,11-18H2,1-7H3/t20-,21-,24+,25-,26-,27+,28+,29-,30-/m1/s1. The van der Waals surface area contributed by atoms with Gasteiger partial charge in [0.2, 0.25) is 0 Å². The van der Waals surface area contributed by atoms with Crippen LogP contribution in [0.4, 0.5) is 0 Å². The van der Waals surface area contributed by atoms with Gasteiger partial charge >= 0.3 is 5.97 Å². The van der Waals surface area contributed by atoms with Gasteiger partial charge in [-0.05, 0) is 97.2 Å². The Balaban J connectivity index is 1.46. The summed E-state index contributed by atoms with van der Waals surface area (Å²) in [7, 11) is 0. The zero-order valence-corrected chi connectivity index (χ0v) is 22.1. The summed E-state index contributed by atoms with van der Waals surface area (Å²) in [5.41, 5.74) is 2.51. The van der Waals surface area contributed by atoms with E-state index in [0.717, 1.165) is 54.3 Å². The highest BCUT2D eigenvalue weighted by atomic mass is 16.5. The molecule has 0 aromatic carbocycles. The zero-order valence-electron chi connectivity index (χ0n) is 22.1. The van der Waals surface area contributed by atoms with E-state index in [1.807, 2.05) is 0 Å². The summed E-state index contributed by atoms with van der Waals surface area (Å²) in [6.45, 7) is 16.6. The first-order chi connectivity index (χ1) is 15.1. The maximum atomic E-state index is 11.5. The number of esters is 1. The molecule has 4 aliphatic rings. The van der Waals surface area contributed by atoms with Gasteiger partial charge in [0.25, 0.3) is 0 Å². The molecule has 0 spiro atoms. The average molecular weight is 443 g/mol. The molecule has 3 saturated carbocycles. The summed E-state index contributed by atoms with van der Waals surface area (Å²) in [6.07, 6.45) is 15.8. The van der Waals surface area contributed by atoms with E-state index in [1.54, 1.807) is 12.5 Å². The summed E-state index contributed by atoms with van der Waals surface area (Å²) >= 11 is 0. The quantitative estimate of drug-likeness (QED) is 0.306. The van der Waals surface area contributed by atoms with Gasteiger partial charge in [0.15, 0.2) is 0 Å². The Morgan fingerprint density at radius 2 is 1.78 bits per heavy atom. The lowest BCUT2D eigenvalue weighted by Crippen LogP contribution is -2.51. The van der Waals surface area contributed by atoms with Crippen molar-refractivity contribution in [2.45, 2.75) is 119 Å². The molecule has 0 aromatic rings. The zero-order chi connectivity index (χ0) is 23.3. The second-order valence-electron chi connectivity index (χ2n) is 13.2. The molecule has 2 heteroatoms. The molecule has 9 atom stereocenters. The second kappa shape index (κ2) is 9.10. The summed E-state index contributed by atoms with van der Waals surface area (Å²) in [5.74, 6) is 5.96. The van der Waals surface area contributed by atoms with Gasteiger partial charge in [0, 0.05) is 13.3 Å². The molecule has 0 amide bonds. The van der Waals surface area contributed by atoms with Gasteiger partial charge in [-0.15, -0.1) is 0 Å². The average Bonchev–Trinajstić information content (AvgIpc) is 3.08. The highest BCUT2D eigenvalue weighted by Gasteiger charge is 2.59. The van der Waals surface area contributed by atoms with Crippen molar-refractivity contribution in [3.8, 4) is 0 Å². The van der Waals surface area contributed by atoms with Crippen molar-refractivity contribution in [2.75, 3.05) is 0 Å². The molecule has 0 aromatic heterocycles. The van der Waals surface area contributed by atoms with Crippen molar-refractivity contribution in [1.82, 2.24) is 0 Å². The third kappa shape index (κ3) is 4.22. The van der Waals surface area contributed by atoms with Gasteiger partial charge < -0.3 is 4.74 Å². The van der Waals surface area contributed by atoms with Crippen LogP contribution in [0.2, 0.25) is 0 Å². The molecule has 0 heterocycles. The van der Waals surface area contributed by atoms with Gasteiger partial charge in [-0.2, -0.15) is 0 Å². The third-order valence-corrected chi connectivity index (χ3v) is 11.4. The summed E-state index contributed by atoms with van der Waals surface area (Å²) in [6, 6.07) is 0. The second-order valence-corrected chi connectivity index (χ2v) is 13.2. The molecular formula is C30H50O2. The fourth-order valence-corrected chi connectivity index (χ4v) is 9.00. The number of hydrogen-bond acceptors (Lipinski definition) is 2. The van der Waals surface area contributed by atoms with Gasteiger partial charge in [-0.1, -0.05) is 66.0 Å². The smallest absolute Gasteiger partial charge is 0.302 e. The molecule has 2 nitrogen and oxygen atoms in total. The van der Waals surface area contributed by atoms with Crippen molar-refractivity contribution in [1.29, 1.82) is 0 Å². The molecule has 0 aliphatic heterocycles. The lowest BCUT2D eigenvalue weighted by atomic mass is 9.47. The van der Waals surface area contributed by atoms with Gasteiger partial charge in [-0.3, -0.25) is 4.79 Å². The topological polar surface area (TPSA) is 26.3 Å². The van der Waals surface area contributed by atoms with E-state index in [9.17, 15) is 4.79 Å². The molecule has 0 N–H and O–H groups in total. The number of carbonyl (C=O) groups is 1. The maximum absolute atomic E-state index is 11.5. The van der Waals surface area contributed by atoms with E-state index in [0.29, 0.717) is 10.8 Å². The molecule has 0 saturated heterocycles. The number of hydrogen-bond donors (Lipinski definition) is 0. The van der Waals surface area contributed by atoms with Gasteiger partial charge in [0.1, 0.15) is 6.10 Å². The first-order valence-corrected chi connectivity index (χ1v) is 13.9. The van der Waals surface area contributed by atoms with E-state index in [-0.39, 0.29) is 12.1 Å². The molecular weight excluding hydrogens is 392 g/mol. The molecule has 4 rings (SSSR count). The SMILES string of the molecule is CC(=O)O[C@H]1CC[C@]2(C)C(=CC[C@@H]3[C@@H]4CC[C@H]([C@H](C)CC[C@@H](C)C(C)C)[C@@]4(C)CC[C@@H]32)C1. The molecule has 3 fully saturated rings. The molecule has 0 radical (unpaired) electrons. The monoisotopic (exact) mass is 442 g/mol. The van der Waals surface area contributed by atoms with Gasteiger partial charge in [-0.25, -0.2) is 0 Å². The first-order valence-electron chi connectivity index (χ1n) is 13.9. The molecule has 4 aliphatic carbocycles. The van der Waals surface area contributed by atoms with Crippen molar-refractivity contribution >= 4 is 5.97 Å². The van der Waals surface area contributed by atoms with Crippen LogP contribution in [-0.4, -0.2) is 12.1 Å². The normalized spacial score (nSPS) is 43.0.